The average molecular weight is 231 g/mol. The van der Waals surface area contributed by atoms with Gasteiger partial charge in [0.25, 0.3) is 0 Å². The van der Waals surface area contributed by atoms with E-state index < -0.39 is 0 Å². The van der Waals surface area contributed by atoms with Crippen molar-refractivity contribution < 1.29 is 4.52 Å². The molecule has 1 aromatic carbocycles. The van der Waals surface area contributed by atoms with E-state index in [1.165, 1.54) is 4.90 Å². The minimum atomic E-state index is 0.149. The van der Waals surface area contributed by atoms with Gasteiger partial charge in [0.15, 0.2) is 0 Å². The Morgan fingerprint density at radius 2 is 2.12 bits per heavy atom. The Morgan fingerprint density at radius 1 is 1.38 bits per heavy atom. The second kappa shape index (κ2) is 4.81. The molecular formula is C11H9N3OS. The van der Waals surface area contributed by atoms with Crippen LogP contribution in [0.15, 0.2) is 33.7 Å². The Kier molecular flexibility index (Phi) is 3.22. The Labute approximate surface area is 97.3 Å². The van der Waals surface area contributed by atoms with E-state index in [9.17, 15) is 0 Å². The van der Waals surface area contributed by atoms with Crippen molar-refractivity contribution in [2.45, 2.75) is 11.3 Å². The molecule has 0 saturated carbocycles. The molecule has 80 valence electrons. The fourth-order valence-electron chi connectivity index (χ4n) is 1.25. The van der Waals surface area contributed by atoms with Crippen LogP contribution in [0.3, 0.4) is 0 Å². The molecule has 1 heterocycles. The van der Waals surface area contributed by atoms with Gasteiger partial charge in [0.05, 0.1) is 6.07 Å². The van der Waals surface area contributed by atoms with Crippen LogP contribution < -0.4 is 0 Å². The van der Waals surface area contributed by atoms with Gasteiger partial charge >= 0.3 is 0 Å². The highest BCUT2D eigenvalue weighted by molar-refractivity contribution is 7.98. The van der Waals surface area contributed by atoms with Crippen LogP contribution in [0.2, 0.25) is 0 Å². The first-order valence-electron chi connectivity index (χ1n) is 4.67. The third kappa shape index (κ3) is 2.23. The van der Waals surface area contributed by atoms with E-state index in [0.717, 1.165) is 5.56 Å². The summed E-state index contributed by atoms with van der Waals surface area (Å²) in [7, 11) is 0. The first-order valence-corrected chi connectivity index (χ1v) is 5.90. The molecule has 0 amide bonds. The summed E-state index contributed by atoms with van der Waals surface area (Å²) < 4.78 is 4.93. The summed E-state index contributed by atoms with van der Waals surface area (Å²) in [6.07, 6.45) is 2.17. The molecule has 0 aliphatic carbocycles. The van der Waals surface area contributed by atoms with Crippen LogP contribution in [0, 0.1) is 11.3 Å². The van der Waals surface area contributed by atoms with Crippen molar-refractivity contribution in [1.82, 2.24) is 10.1 Å². The Morgan fingerprint density at radius 3 is 2.75 bits per heavy atom. The molecule has 0 bridgehead atoms. The van der Waals surface area contributed by atoms with Gasteiger partial charge in [-0.25, -0.2) is 0 Å². The zero-order chi connectivity index (χ0) is 11.4. The van der Waals surface area contributed by atoms with Crippen LogP contribution in [-0.2, 0) is 6.42 Å². The summed E-state index contributed by atoms with van der Waals surface area (Å²) in [5.41, 5.74) is 0.894. The predicted octanol–water partition coefficient (Wildman–Crippen LogP) is 2.52. The first-order chi connectivity index (χ1) is 7.83. The van der Waals surface area contributed by atoms with Crippen LogP contribution in [0.1, 0.15) is 5.89 Å². The second-order valence-corrected chi connectivity index (χ2v) is 3.95. The van der Waals surface area contributed by atoms with Gasteiger partial charge in [0.2, 0.25) is 11.7 Å². The molecule has 2 rings (SSSR count). The van der Waals surface area contributed by atoms with Gasteiger partial charge in [-0.1, -0.05) is 5.16 Å². The minimum absolute atomic E-state index is 0.149. The van der Waals surface area contributed by atoms with E-state index in [1.807, 2.05) is 36.6 Å². The fraction of sp³-hybridized carbons (Fsp3) is 0.182. The summed E-state index contributed by atoms with van der Waals surface area (Å²) in [5, 5.41) is 12.3. The number of thioether (sulfide) groups is 1. The number of hydrogen-bond acceptors (Lipinski definition) is 5. The predicted molar refractivity (Wildman–Crippen MR) is 60.8 cm³/mol. The van der Waals surface area contributed by atoms with Gasteiger partial charge in [-0.05, 0) is 30.5 Å². The number of hydrogen-bond donors (Lipinski definition) is 0. The highest BCUT2D eigenvalue weighted by Crippen LogP contribution is 2.20. The van der Waals surface area contributed by atoms with Gasteiger partial charge in [-0.2, -0.15) is 10.2 Å². The Hall–Kier alpha value is -1.80. The van der Waals surface area contributed by atoms with E-state index in [2.05, 4.69) is 10.1 Å². The molecule has 0 spiro atoms. The maximum atomic E-state index is 8.49. The minimum Gasteiger partial charge on any atom is -0.338 e. The highest BCUT2D eigenvalue weighted by Gasteiger charge is 2.07. The van der Waals surface area contributed by atoms with Gasteiger partial charge < -0.3 is 4.52 Å². The second-order valence-electron chi connectivity index (χ2n) is 3.08. The van der Waals surface area contributed by atoms with E-state index in [0.29, 0.717) is 11.7 Å². The highest BCUT2D eigenvalue weighted by atomic mass is 32.2. The smallest absolute Gasteiger partial charge is 0.241 e. The van der Waals surface area contributed by atoms with E-state index in [4.69, 9.17) is 9.78 Å². The largest absolute Gasteiger partial charge is 0.338 e. The van der Waals surface area contributed by atoms with Crippen LogP contribution in [0.5, 0.6) is 0 Å². The molecule has 2 aromatic rings. The number of benzene rings is 1. The SMILES string of the molecule is CSc1ccc(-c2noc(CC#N)n2)cc1. The topological polar surface area (TPSA) is 62.7 Å². The van der Waals surface area contributed by atoms with Gasteiger partial charge in [-0.15, -0.1) is 11.8 Å². The maximum absolute atomic E-state index is 8.49. The lowest BCUT2D eigenvalue weighted by Gasteiger charge is -1.96. The summed E-state index contributed by atoms with van der Waals surface area (Å²) in [5.74, 6) is 0.879. The summed E-state index contributed by atoms with van der Waals surface area (Å²) >= 11 is 1.68. The molecule has 0 unspecified atom stereocenters. The number of nitrogens with zero attached hydrogens (tertiary/aromatic N) is 3. The Balaban J connectivity index is 2.25. The van der Waals surface area contributed by atoms with Crippen molar-refractivity contribution in [2.24, 2.45) is 0 Å². The van der Waals surface area contributed by atoms with Gasteiger partial charge in [0, 0.05) is 10.5 Å². The van der Waals surface area contributed by atoms with E-state index in [1.54, 1.807) is 11.8 Å². The van der Waals surface area contributed by atoms with Crippen molar-refractivity contribution in [3.8, 4) is 17.5 Å². The standard InChI is InChI=1S/C11H9N3OS/c1-16-9-4-2-8(3-5-9)11-13-10(6-7-12)15-14-11/h2-5H,6H2,1H3. The lowest BCUT2D eigenvalue weighted by atomic mass is 10.2. The molecule has 0 atom stereocenters. The zero-order valence-electron chi connectivity index (χ0n) is 8.67. The molecule has 4 nitrogen and oxygen atoms in total. The number of rotatable bonds is 3. The molecule has 0 fully saturated rings. The van der Waals surface area contributed by atoms with Crippen LogP contribution in [-0.4, -0.2) is 16.4 Å². The van der Waals surface area contributed by atoms with Crippen molar-refractivity contribution in [3.63, 3.8) is 0 Å². The zero-order valence-corrected chi connectivity index (χ0v) is 9.49. The lowest BCUT2D eigenvalue weighted by molar-refractivity contribution is 0.388. The van der Waals surface area contributed by atoms with Gasteiger partial charge in [-0.3, -0.25) is 0 Å². The van der Waals surface area contributed by atoms with Gasteiger partial charge in [0.1, 0.15) is 6.42 Å². The quantitative estimate of drug-likeness (QED) is 0.759. The van der Waals surface area contributed by atoms with Crippen LogP contribution in [0.25, 0.3) is 11.4 Å². The molecule has 0 saturated heterocycles. The Bertz CT molecular complexity index is 513. The summed E-state index contributed by atoms with van der Waals surface area (Å²) in [6.45, 7) is 0. The first kappa shape index (κ1) is 10.7. The van der Waals surface area contributed by atoms with Crippen molar-refractivity contribution >= 4 is 11.8 Å². The molecule has 0 radical (unpaired) electrons. The van der Waals surface area contributed by atoms with E-state index >= 15 is 0 Å². The maximum Gasteiger partial charge on any atom is 0.241 e. The third-order valence-corrected chi connectivity index (χ3v) is 2.79. The van der Waals surface area contributed by atoms with Crippen molar-refractivity contribution in [3.05, 3.63) is 30.2 Å². The molecule has 0 aliphatic heterocycles. The molecule has 0 N–H and O–H groups in total. The van der Waals surface area contributed by atoms with Crippen LogP contribution in [0.4, 0.5) is 0 Å². The third-order valence-electron chi connectivity index (χ3n) is 2.05. The summed E-state index contributed by atoms with van der Waals surface area (Å²) in [4.78, 5) is 5.30. The molecule has 16 heavy (non-hydrogen) atoms. The fourth-order valence-corrected chi connectivity index (χ4v) is 1.66. The molecule has 0 aliphatic rings. The van der Waals surface area contributed by atoms with Crippen LogP contribution >= 0.6 is 11.8 Å². The van der Waals surface area contributed by atoms with E-state index in [-0.39, 0.29) is 6.42 Å². The number of aromatic nitrogens is 2. The monoisotopic (exact) mass is 231 g/mol. The van der Waals surface area contributed by atoms with Crippen molar-refractivity contribution in [1.29, 1.82) is 5.26 Å². The normalized spacial score (nSPS) is 10.0. The number of nitriles is 1. The van der Waals surface area contributed by atoms with Crippen molar-refractivity contribution in [2.75, 3.05) is 6.26 Å². The lowest BCUT2D eigenvalue weighted by Crippen LogP contribution is -1.82. The molecule has 5 heteroatoms. The molecule has 1 aromatic heterocycles. The summed E-state index contributed by atoms with van der Waals surface area (Å²) in [6, 6.07) is 9.84. The molecular weight excluding hydrogens is 222 g/mol. The average Bonchev–Trinajstić information content (AvgIpc) is 2.78.